The fraction of sp³-hybridized carbons (Fsp3) is 0.611. The van der Waals surface area contributed by atoms with Crippen LogP contribution in [0.2, 0.25) is 0 Å². The summed E-state index contributed by atoms with van der Waals surface area (Å²) in [7, 11) is -3.54. The first kappa shape index (κ1) is 18.2. The maximum absolute atomic E-state index is 13.0. The van der Waals surface area contributed by atoms with Crippen molar-refractivity contribution >= 4 is 15.9 Å². The van der Waals surface area contributed by atoms with E-state index < -0.39 is 10.0 Å². The monoisotopic (exact) mass is 366 g/mol. The summed E-state index contributed by atoms with van der Waals surface area (Å²) in [6.07, 6.45) is 1.92. The van der Waals surface area contributed by atoms with Crippen LogP contribution >= 0.6 is 0 Å². The largest absolute Gasteiger partial charge is 0.493 e. The van der Waals surface area contributed by atoms with Crippen LogP contribution in [0.25, 0.3) is 0 Å². The Balaban J connectivity index is 1.72. The van der Waals surface area contributed by atoms with Crippen LogP contribution in [0.5, 0.6) is 5.75 Å². The van der Waals surface area contributed by atoms with Gasteiger partial charge in [-0.05, 0) is 36.1 Å². The lowest BCUT2D eigenvalue weighted by Gasteiger charge is -2.22. The quantitative estimate of drug-likeness (QED) is 0.816. The summed E-state index contributed by atoms with van der Waals surface area (Å²) in [5.74, 6) is 1.20. The number of ether oxygens (including phenoxy) is 1. The van der Waals surface area contributed by atoms with E-state index >= 15 is 0 Å². The van der Waals surface area contributed by atoms with Gasteiger partial charge in [-0.25, -0.2) is 8.42 Å². The first-order valence-corrected chi connectivity index (χ1v) is 10.4. The minimum Gasteiger partial charge on any atom is -0.493 e. The van der Waals surface area contributed by atoms with Crippen LogP contribution in [-0.4, -0.2) is 56.3 Å². The normalized spacial score (nSPS) is 18.8. The van der Waals surface area contributed by atoms with E-state index in [9.17, 15) is 13.2 Å². The molecule has 0 spiro atoms. The SMILES string of the molecule is CC(C)CC(=O)N1CCCN(S(=O)(=O)c2ccc3c(c2)CCO3)CC1. The van der Waals surface area contributed by atoms with Crippen molar-refractivity contribution < 1.29 is 17.9 Å². The number of carbonyl (C=O) groups excluding carboxylic acids is 1. The maximum Gasteiger partial charge on any atom is 0.243 e. The zero-order valence-corrected chi connectivity index (χ0v) is 15.7. The van der Waals surface area contributed by atoms with Gasteiger partial charge in [-0.15, -0.1) is 0 Å². The van der Waals surface area contributed by atoms with E-state index in [0.29, 0.717) is 56.4 Å². The van der Waals surface area contributed by atoms with Crippen molar-refractivity contribution in [1.29, 1.82) is 0 Å². The lowest BCUT2D eigenvalue weighted by molar-refractivity contribution is -0.131. The number of sulfonamides is 1. The molecule has 0 aromatic heterocycles. The third-order valence-electron chi connectivity index (χ3n) is 4.69. The molecule has 0 saturated carbocycles. The molecule has 0 radical (unpaired) electrons. The molecule has 2 aliphatic rings. The molecular weight excluding hydrogens is 340 g/mol. The van der Waals surface area contributed by atoms with Crippen molar-refractivity contribution in [2.75, 3.05) is 32.8 Å². The number of hydrogen-bond donors (Lipinski definition) is 0. The molecule has 0 bridgehead atoms. The summed E-state index contributed by atoms with van der Waals surface area (Å²) in [6.45, 7) is 6.51. The van der Waals surface area contributed by atoms with E-state index in [1.807, 2.05) is 13.8 Å². The van der Waals surface area contributed by atoms with Crippen LogP contribution in [0, 0.1) is 5.92 Å². The number of carbonyl (C=O) groups is 1. The van der Waals surface area contributed by atoms with Crippen molar-refractivity contribution in [3.05, 3.63) is 23.8 Å². The average Bonchev–Trinajstić information content (AvgIpc) is 2.87. The molecule has 2 heterocycles. The van der Waals surface area contributed by atoms with E-state index in [0.717, 1.165) is 17.7 Å². The molecule has 3 rings (SSSR count). The Morgan fingerprint density at radius 2 is 2.00 bits per heavy atom. The molecule has 138 valence electrons. The van der Waals surface area contributed by atoms with Gasteiger partial charge in [-0.2, -0.15) is 4.31 Å². The van der Waals surface area contributed by atoms with Gasteiger partial charge in [0, 0.05) is 39.0 Å². The fourth-order valence-corrected chi connectivity index (χ4v) is 4.86. The van der Waals surface area contributed by atoms with Crippen LogP contribution in [0.15, 0.2) is 23.1 Å². The average molecular weight is 366 g/mol. The summed E-state index contributed by atoms with van der Waals surface area (Å²) in [5.41, 5.74) is 0.949. The molecule has 1 aromatic carbocycles. The zero-order valence-electron chi connectivity index (χ0n) is 14.9. The second kappa shape index (κ2) is 7.33. The Labute approximate surface area is 149 Å². The van der Waals surface area contributed by atoms with Gasteiger partial charge < -0.3 is 9.64 Å². The highest BCUT2D eigenvalue weighted by atomic mass is 32.2. The fourth-order valence-electron chi connectivity index (χ4n) is 3.33. The van der Waals surface area contributed by atoms with Crippen molar-refractivity contribution in [2.24, 2.45) is 5.92 Å². The van der Waals surface area contributed by atoms with Crippen LogP contribution < -0.4 is 4.74 Å². The van der Waals surface area contributed by atoms with Gasteiger partial charge in [0.15, 0.2) is 0 Å². The Bertz CT molecular complexity index is 745. The van der Waals surface area contributed by atoms with Gasteiger partial charge in [0.25, 0.3) is 0 Å². The summed E-state index contributed by atoms with van der Waals surface area (Å²) in [5, 5.41) is 0. The lowest BCUT2D eigenvalue weighted by Crippen LogP contribution is -2.37. The minimum atomic E-state index is -3.54. The van der Waals surface area contributed by atoms with Gasteiger partial charge in [-0.3, -0.25) is 4.79 Å². The molecule has 7 heteroatoms. The molecule has 25 heavy (non-hydrogen) atoms. The van der Waals surface area contributed by atoms with Crippen LogP contribution in [0.1, 0.15) is 32.3 Å². The molecule has 0 N–H and O–H groups in total. The predicted molar refractivity (Wildman–Crippen MR) is 95.1 cm³/mol. The van der Waals surface area contributed by atoms with Gasteiger partial charge in [-0.1, -0.05) is 13.8 Å². The summed E-state index contributed by atoms with van der Waals surface area (Å²) in [6, 6.07) is 5.09. The second-order valence-electron chi connectivity index (χ2n) is 7.10. The number of fused-ring (bicyclic) bond motifs is 1. The molecule has 1 fully saturated rings. The van der Waals surface area contributed by atoms with Crippen molar-refractivity contribution in [3.63, 3.8) is 0 Å². The zero-order chi connectivity index (χ0) is 18.0. The third-order valence-corrected chi connectivity index (χ3v) is 6.58. The van der Waals surface area contributed by atoms with Crippen LogP contribution in [0.3, 0.4) is 0 Å². The molecule has 6 nitrogen and oxygen atoms in total. The maximum atomic E-state index is 13.0. The van der Waals surface area contributed by atoms with Crippen molar-refractivity contribution in [1.82, 2.24) is 9.21 Å². The number of hydrogen-bond acceptors (Lipinski definition) is 4. The summed E-state index contributed by atoms with van der Waals surface area (Å²) < 4.78 is 32.9. The smallest absolute Gasteiger partial charge is 0.243 e. The number of rotatable bonds is 4. The molecule has 1 saturated heterocycles. The van der Waals surface area contributed by atoms with Crippen LogP contribution in [0.4, 0.5) is 0 Å². The predicted octanol–water partition coefficient (Wildman–Crippen LogP) is 1.89. The first-order valence-electron chi connectivity index (χ1n) is 8.91. The molecule has 1 amide bonds. The van der Waals surface area contributed by atoms with Gasteiger partial charge >= 0.3 is 0 Å². The van der Waals surface area contributed by atoms with E-state index in [-0.39, 0.29) is 5.91 Å². The molecule has 0 atom stereocenters. The standard InChI is InChI=1S/C18H26N2O4S/c1-14(2)12-18(21)19-7-3-8-20(10-9-19)25(22,23)16-4-5-17-15(13-16)6-11-24-17/h4-5,13-14H,3,6-12H2,1-2H3. The van der Waals surface area contributed by atoms with Gasteiger partial charge in [0.2, 0.25) is 15.9 Å². The second-order valence-corrected chi connectivity index (χ2v) is 9.04. The van der Waals surface area contributed by atoms with E-state index in [4.69, 9.17) is 4.74 Å². The summed E-state index contributed by atoms with van der Waals surface area (Å²) in [4.78, 5) is 14.4. The highest BCUT2D eigenvalue weighted by Gasteiger charge is 2.29. The van der Waals surface area contributed by atoms with Gasteiger partial charge in [0.05, 0.1) is 11.5 Å². The molecule has 0 aliphatic carbocycles. The lowest BCUT2D eigenvalue weighted by atomic mass is 10.1. The Morgan fingerprint density at radius 1 is 1.20 bits per heavy atom. The number of nitrogens with zero attached hydrogens (tertiary/aromatic N) is 2. The van der Waals surface area contributed by atoms with E-state index in [2.05, 4.69) is 0 Å². The Morgan fingerprint density at radius 3 is 2.76 bits per heavy atom. The van der Waals surface area contributed by atoms with E-state index in [1.165, 1.54) is 4.31 Å². The van der Waals surface area contributed by atoms with E-state index in [1.54, 1.807) is 23.1 Å². The van der Waals surface area contributed by atoms with Crippen molar-refractivity contribution in [3.8, 4) is 5.75 Å². The number of amides is 1. The highest BCUT2D eigenvalue weighted by Crippen LogP contribution is 2.29. The first-order chi connectivity index (χ1) is 11.9. The third kappa shape index (κ3) is 3.98. The summed E-state index contributed by atoms with van der Waals surface area (Å²) >= 11 is 0. The molecule has 1 aromatic rings. The highest BCUT2D eigenvalue weighted by molar-refractivity contribution is 7.89. The molecule has 2 aliphatic heterocycles. The molecular formula is C18H26N2O4S. The van der Waals surface area contributed by atoms with Crippen LogP contribution in [-0.2, 0) is 21.2 Å². The van der Waals surface area contributed by atoms with Crippen molar-refractivity contribution in [2.45, 2.75) is 38.0 Å². The minimum absolute atomic E-state index is 0.115. The Kier molecular flexibility index (Phi) is 5.34. The van der Waals surface area contributed by atoms with Gasteiger partial charge in [0.1, 0.15) is 5.75 Å². The Hall–Kier alpha value is -1.60. The topological polar surface area (TPSA) is 66.9 Å². The molecule has 0 unspecified atom stereocenters. The number of benzene rings is 1.